The van der Waals surface area contributed by atoms with Crippen LogP contribution < -0.4 is 0 Å². The van der Waals surface area contributed by atoms with Gasteiger partial charge in [-0.2, -0.15) is 13.2 Å². The molecule has 0 aliphatic rings. The van der Waals surface area contributed by atoms with E-state index >= 15 is 0 Å². The fourth-order valence-corrected chi connectivity index (χ4v) is 1.77. The number of aryl methyl sites for hydroxylation is 1. The Balaban J connectivity index is 2.53. The van der Waals surface area contributed by atoms with Crippen molar-refractivity contribution < 1.29 is 31.5 Å². The van der Waals surface area contributed by atoms with Gasteiger partial charge in [-0.15, -0.1) is 0 Å². The number of rotatable bonds is 4. The smallest absolute Gasteiger partial charge is 0.437 e. The van der Waals surface area contributed by atoms with Gasteiger partial charge in [0.1, 0.15) is 5.76 Å². The third-order valence-electron chi connectivity index (χ3n) is 2.65. The summed E-state index contributed by atoms with van der Waals surface area (Å²) in [6.45, 7) is 3.17. The van der Waals surface area contributed by atoms with E-state index in [9.17, 15) is 18.0 Å². The van der Waals surface area contributed by atoms with Crippen LogP contribution in [0.25, 0.3) is 11.5 Å². The number of ether oxygens (including phenoxy) is 1. The minimum absolute atomic E-state index is 0.0713. The highest BCUT2D eigenvalue weighted by Crippen LogP contribution is 2.35. The van der Waals surface area contributed by atoms with Gasteiger partial charge in [-0.1, -0.05) is 6.92 Å². The number of hydrogen-bond donors (Lipinski definition) is 0. The van der Waals surface area contributed by atoms with Gasteiger partial charge in [0.05, 0.1) is 18.4 Å². The first-order valence-corrected chi connectivity index (χ1v) is 6.20. The second-order valence-electron chi connectivity index (χ2n) is 4.03. The molecule has 2 rings (SSSR count). The lowest BCUT2D eigenvalue weighted by atomic mass is 10.2. The number of halogens is 3. The Kier molecular flexibility index (Phi) is 4.06. The molecule has 0 bridgehead atoms. The molecule has 114 valence electrons. The first-order valence-electron chi connectivity index (χ1n) is 6.20. The van der Waals surface area contributed by atoms with Crippen LogP contribution in [0, 0.1) is 0 Å². The van der Waals surface area contributed by atoms with Crippen molar-refractivity contribution >= 4 is 5.97 Å². The number of carbonyl (C=O) groups is 1. The summed E-state index contributed by atoms with van der Waals surface area (Å²) in [5, 5.41) is 0. The number of aromatic nitrogens is 1. The molecular weight excluding hydrogens is 291 g/mol. The second kappa shape index (κ2) is 5.63. The monoisotopic (exact) mass is 303 g/mol. The molecule has 0 aromatic carbocycles. The first-order chi connectivity index (χ1) is 9.88. The Hall–Kier alpha value is -2.25. The van der Waals surface area contributed by atoms with E-state index in [2.05, 4.69) is 9.72 Å². The third-order valence-corrected chi connectivity index (χ3v) is 2.65. The maximum Gasteiger partial charge on any atom is 0.437 e. The summed E-state index contributed by atoms with van der Waals surface area (Å²) in [6.07, 6.45) is -3.06. The minimum Gasteiger partial charge on any atom is -0.469 e. The molecule has 0 radical (unpaired) electrons. The van der Waals surface area contributed by atoms with E-state index in [1.807, 2.05) is 0 Å². The molecule has 0 saturated heterocycles. The number of carbonyl (C=O) groups excluding carboxylic acids is 1. The van der Waals surface area contributed by atoms with Crippen molar-refractivity contribution in [3.8, 4) is 11.5 Å². The molecule has 5 nitrogen and oxygen atoms in total. The molecule has 0 unspecified atom stereocenters. The second-order valence-corrected chi connectivity index (χ2v) is 4.03. The van der Waals surface area contributed by atoms with E-state index in [-0.39, 0.29) is 18.1 Å². The largest absolute Gasteiger partial charge is 0.469 e. The molecule has 2 aromatic heterocycles. The van der Waals surface area contributed by atoms with Gasteiger partial charge in [0, 0.05) is 6.42 Å². The summed E-state index contributed by atoms with van der Waals surface area (Å²) in [5.74, 6) is -2.07. The van der Waals surface area contributed by atoms with Gasteiger partial charge in [0.25, 0.3) is 0 Å². The van der Waals surface area contributed by atoms with E-state index in [4.69, 9.17) is 8.83 Å². The summed E-state index contributed by atoms with van der Waals surface area (Å²) in [7, 11) is 0. The van der Waals surface area contributed by atoms with Crippen molar-refractivity contribution in [2.75, 3.05) is 6.61 Å². The zero-order valence-corrected chi connectivity index (χ0v) is 11.3. The predicted octanol–water partition coefficient (Wildman–Crippen LogP) is 3.69. The van der Waals surface area contributed by atoms with Crippen LogP contribution in [0.5, 0.6) is 0 Å². The molecule has 2 aromatic rings. The van der Waals surface area contributed by atoms with Crippen molar-refractivity contribution in [3.63, 3.8) is 0 Å². The van der Waals surface area contributed by atoms with E-state index < -0.39 is 23.6 Å². The van der Waals surface area contributed by atoms with E-state index in [0.717, 1.165) is 0 Å². The van der Waals surface area contributed by atoms with Crippen LogP contribution in [0.15, 0.2) is 21.2 Å². The quantitative estimate of drug-likeness (QED) is 0.806. The Morgan fingerprint density at radius 2 is 2.10 bits per heavy atom. The number of hydrogen-bond acceptors (Lipinski definition) is 5. The molecule has 0 amide bonds. The summed E-state index contributed by atoms with van der Waals surface area (Å²) < 4.78 is 53.4. The normalized spacial score (nSPS) is 11.7. The SMILES string of the molecule is CCOC(=O)c1oc(-c2ccoc2CC)nc1C(F)(F)F. The topological polar surface area (TPSA) is 65.5 Å². The molecule has 0 atom stereocenters. The minimum atomic E-state index is -4.82. The fraction of sp³-hybridized carbons (Fsp3) is 0.385. The Bertz CT molecular complexity index is 642. The van der Waals surface area contributed by atoms with Gasteiger partial charge < -0.3 is 13.6 Å². The fourth-order valence-electron chi connectivity index (χ4n) is 1.77. The Labute approximate surface area is 117 Å². The molecule has 21 heavy (non-hydrogen) atoms. The number of furan rings is 1. The van der Waals surface area contributed by atoms with Gasteiger partial charge in [0.2, 0.25) is 11.7 Å². The molecule has 2 heterocycles. The van der Waals surface area contributed by atoms with Gasteiger partial charge in [-0.05, 0) is 13.0 Å². The summed E-state index contributed by atoms with van der Waals surface area (Å²) >= 11 is 0. The zero-order valence-electron chi connectivity index (χ0n) is 11.3. The van der Waals surface area contributed by atoms with Crippen molar-refractivity contribution in [1.29, 1.82) is 0 Å². The van der Waals surface area contributed by atoms with Crippen LogP contribution in [-0.4, -0.2) is 17.6 Å². The van der Waals surface area contributed by atoms with Crippen molar-refractivity contribution in [1.82, 2.24) is 4.98 Å². The van der Waals surface area contributed by atoms with Gasteiger partial charge in [-0.3, -0.25) is 0 Å². The van der Waals surface area contributed by atoms with Crippen molar-refractivity contribution in [2.45, 2.75) is 26.4 Å². The number of oxazole rings is 1. The Morgan fingerprint density at radius 3 is 2.67 bits per heavy atom. The lowest BCUT2D eigenvalue weighted by Gasteiger charge is -2.03. The molecule has 8 heteroatoms. The van der Waals surface area contributed by atoms with E-state index in [1.54, 1.807) is 6.92 Å². The highest BCUT2D eigenvalue weighted by molar-refractivity contribution is 5.88. The standard InChI is InChI=1S/C13H12F3NO4/c1-3-8-7(5-6-20-8)11-17-10(13(14,15)16)9(21-11)12(18)19-4-2/h5-6H,3-4H2,1-2H3. The van der Waals surface area contributed by atoms with Crippen molar-refractivity contribution in [3.05, 3.63) is 29.5 Å². The third kappa shape index (κ3) is 2.93. The average molecular weight is 303 g/mol. The van der Waals surface area contributed by atoms with Crippen LogP contribution in [0.3, 0.4) is 0 Å². The maximum absolute atomic E-state index is 12.9. The molecule has 0 fully saturated rings. The molecule has 0 N–H and O–H groups in total. The molecule has 0 aliphatic heterocycles. The Morgan fingerprint density at radius 1 is 1.38 bits per heavy atom. The molecule has 0 saturated carbocycles. The van der Waals surface area contributed by atoms with Crippen LogP contribution in [-0.2, 0) is 17.3 Å². The van der Waals surface area contributed by atoms with Gasteiger partial charge in [-0.25, -0.2) is 9.78 Å². The zero-order chi connectivity index (χ0) is 15.6. The molecule has 0 spiro atoms. The van der Waals surface area contributed by atoms with Gasteiger partial charge >= 0.3 is 12.1 Å². The highest BCUT2D eigenvalue weighted by Gasteiger charge is 2.42. The lowest BCUT2D eigenvalue weighted by molar-refractivity contribution is -0.141. The average Bonchev–Trinajstić information content (AvgIpc) is 3.04. The predicted molar refractivity (Wildman–Crippen MR) is 64.5 cm³/mol. The van der Waals surface area contributed by atoms with Crippen LogP contribution in [0.4, 0.5) is 13.2 Å². The highest BCUT2D eigenvalue weighted by atomic mass is 19.4. The number of nitrogens with zero attached hydrogens (tertiary/aromatic N) is 1. The maximum atomic E-state index is 12.9. The van der Waals surface area contributed by atoms with E-state index in [0.29, 0.717) is 12.2 Å². The van der Waals surface area contributed by atoms with Gasteiger partial charge in [0.15, 0.2) is 5.69 Å². The van der Waals surface area contributed by atoms with Crippen molar-refractivity contribution in [2.24, 2.45) is 0 Å². The van der Waals surface area contributed by atoms with E-state index in [1.165, 1.54) is 19.3 Å². The van der Waals surface area contributed by atoms with Crippen LogP contribution in [0.1, 0.15) is 35.9 Å². The molecule has 0 aliphatic carbocycles. The summed E-state index contributed by atoms with van der Waals surface area (Å²) in [5.41, 5.74) is -1.13. The molecular formula is C13H12F3NO4. The first kappa shape index (κ1) is 15.1. The summed E-state index contributed by atoms with van der Waals surface area (Å²) in [4.78, 5) is 15.0. The lowest BCUT2D eigenvalue weighted by Crippen LogP contribution is -2.14. The summed E-state index contributed by atoms with van der Waals surface area (Å²) in [6, 6.07) is 1.43. The van der Waals surface area contributed by atoms with Crippen LogP contribution in [0.2, 0.25) is 0 Å². The number of alkyl halides is 3. The van der Waals surface area contributed by atoms with Crippen LogP contribution >= 0.6 is 0 Å². The number of esters is 1.